The molecule has 0 aromatic heterocycles. The second kappa shape index (κ2) is 4.24. The van der Waals surface area contributed by atoms with Gasteiger partial charge in [0, 0.05) is 17.7 Å². The van der Waals surface area contributed by atoms with Gasteiger partial charge in [0.15, 0.2) is 9.84 Å². The largest absolute Gasteiger partial charge is 0.324 e. The van der Waals surface area contributed by atoms with Gasteiger partial charge in [-0.15, -0.1) is 0 Å². The predicted octanol–water partition coefficient (Wildman–Crippen LogP) is 1.06. The lowest BCUT2D eigenvalue weighted by molar-refractivity contribution is 0.490. The van der Waals surface area contributed by atoms with Crippen molar-refractivity contribution in [2.75, 3.05) is 6.26 Å². The Morgan fingerprint density at radius 1 is 1.38 bits per heavy atom. The molecule has 0 aliphatic heterocycles. The van der Waals surface area contributed by atoms with E-state index >= 15 is 0 Å². The fourth-order valence-corrected chi connectivity index (χ4v) is 2.20. The van der Waals surface area contributed by atoms with Crippen LogP contribution >= 0.6 is 0 Å². The molecule has 4 heteroatoms. The van der Waals surface area contributed by atoms with Crippen molar-refractivity contribution in [1.82, 2.24) is 0 Å². The summed E-state index contributed by atoms with van der Waals surface area (Å²) in [5, 5.41) is 1.22. The summed E-state index contributed by atoms with van der Waals surface area (Å²) < 4.78 is 21.6. The van der Waals surface area contributed by atoms with Crippen molar-refractivity contribution in [3.05, 3.63) is 11.5 Å². The van der Waals surface area contributed by atoms with Crippen LogP contribution in [0.3, 0.4) is 0 Å². The van der Waals surface area contributed by atoms with Crippen LogP contribution in [0.2, 0.25) is 0 Å². The first-order valence-electron chi connectivity index (χ1n) is 4.63. The summed E-state index contributed by atoms with van der Waals surface area (Å²) in [7, 11) is -3.01. The first kappa shape index (κ1) is 10.7. The highest BCUT2D eigenvalue weighted by Crippen LogP contribution is 2.27. The molecule has 2 N–H and O–H groups in total. The molecule has 0 unspecified atom stereocenters. The van der Waals surface area contributed by atoms with E-state index in [2.05, 4.69) is 0 Å². The highest BCUT2D eigenvalue weighted by atomic mass is 32.2. The predicted molar refractivity (Wildman–Crippen MR) is 53.9 cm³/mol. The van der Waals surface area contributed by atoms with Gasteiger partial charge in [-0.3, -0.25) is 0 Å². The lowest BCUT2D eigenvalue weighted by Crippen LogP contribution is -2.25. The second-order valence-electron chi connectivity index (χ2n) is 3.78. The molecule has 1 atom stereocenters. The van der Waals surface area contributed by atoms with E-state index in [0.717, 1.165) is 12.8 Å². The van der Waals surface area contributed by atoms with E-state index in [1.807, 2.05) is 0 Å². The third-order valence-corrected chi connectivity index (χ3v) is 3.14. The second-order valence-corrected chi connectivity index (χ2v) is 5.71. The van der Waals surface area contributed by atoms with Gasteiger partial charge in [-0.1, -0.05) is 18.9 Å². The van der Waals surface area contributed by atoms with E-state index in [9.17, 15) is 8.42 Å². The Kier molecular flexibility index (Phi) is 3.50. The van der Waals surface area contributed by atoms with Gasteiger partial charge in [-0.25, -0.2) is 8.42 Å². The lowest BCUT2D eigenvalue weighted by atomic mass is 9.99. The summed E-state index contributed by atoms with van der Waals surface area (Å²) in [5.41, 5.74) is 5.83. The van der Waals surface area contributed by atoms with Crippen LogP contribution in [-0.4, -0.2) is 20.7 Å². The summed E-state index contributed by atoms with van der Waals surface area (Å²) in [4.78, 5) is 0. The molecule has 0 amide bonds. The van der Waals surface area contributed by atoms with Crippen LogP contribution in [0.1, 0.15) is 25.7 Å². The maximum atomic E-state index is 10.8. The van der Waals surface area contributed by atoms with E-state index in [1.54, 1.807) is 6.08 Å². The van der Waals surface area contributed by atoms with E-state index < -0.39 is 9.84 Å². The molecule has 1 aliphatic carbocycles. The van der Waals surface area contributed by atoms with Crippen LogP contribution in [0, 0.1) is 5.92 Å². The Balaban J connectivity index is 2.49. The van der Waals surface area contributed by atoms with Crippen LogP contribution in [0.15, 0.2) is 11.5 Å². The molecule has 3 nitrogen and oxygen atoms in total. The highest BCUT2D eigenvalue weighted by Gasteiger charge is 2.19. The van der Waals surface area contributed by atoms with E-state index in [4.69, 9.17) is 5.73 Å². The van der Waals surface area contributed by atoms with Crippen molar-refractivity contribution >= 4 is 9.84 Å². The number of rotatable bonds is 3. The monoisotopic (exact) mass is 203 g/mol. The average molecular weight is 203 g/mol. The Morgan fingerprint density at radius 3 is 2.38 bits per heavy atom. The van der Waals surface area contributed by atoms with Gasteiger partial charge in [-0.2, -0.15) is 0 Å². The Labute approximate surface area is 79.9 Å². The van der Waals surface area contributed by atoms with Gasteiger partial charge >= 0.3 is 0 Å². The molecule has 0 saturated heterocycles. The molecule has 0 spiro atoms. The molecular weight excluding hydrogens is 186 g/mol. The van der Waals surface area contributed by atoms with Gasteiger partial charge in [0.05, 0.1) is 0 Å². The topological polar surface area (TPSA) is 60.2 Å². The van der Waals surface area contributed by atoms with E-state index in [-0.39, 0.29) is 6.04 Å². The zero-order chi connectivity index (χ0) is 9.90. The molecule has 1 aliphatic rings. The summed E-state index contributed by atoms with van der Waals surface area (Å²) in [6.45, 7) is 0. The van der Waals surface area contributed by atoms with Crippen LogP contribution in [0.4, 0.5) is 0 Å². The minimum absolute atomic E-state index is 0.0859. The maximum Gasteiger partial charge on any atom is 0.168 e. The molecule has 0 aromatic rings. The van der Waals surface area contributed by atoms with Crippen molar-refractivity contribution in [3.63, 3.8) is 0 Å². The Hall–Kier alpha value is -0.350. The molecule has 13 heavy (non-hydrogen) atoms. The van der Waals surface area contributed by atoms with Crippen LogP contribution in [0.25, 0.3) is 0 Å². The number of nitrogens with two attached hydrogens (primary N) is 1. The van der Waals surface area contributed by atoms with Crippen molar-refractivity contribution in [1.29, 1.82) is 0 Å². The van der Waals surface area contributed by atoms with Gasteiger partial charge in [0.2, 0.25) is 0 Å². The normalized spacial score (nSPS) is 22.6. The molecule has 0 radical (unpaired) electrons. The fraction of sp³-hybridized carbons (Fsp3) is 0.778. The van der Waals surface area contributed by atoms with Crippen molar-refractivity contribution in [3.8, 4) is 0 Å². The SMILES string of the molecule is CS(=O)(=O)/C=C/[C@H](N)C1CCCC1. The summed E-state index contributed by atoms with van der Waals surface area (Å²) >= 11 is 0. The average Bonchev–Trinajstić information content (AvgIpc) is 2.50. The molecule has 1 saturated carbocycles. The van der Waals surface area contributed by atoms with Crippen LogP contribution in [0.5, 0.6) is 0 Å². The quantitative estimate of drug-likeness (QED) is 0.746. The molecule has 0 aromatic carbocycles. The minimum Gasteiger partial charge on any atom is -0.324 e. The third kappa shape index (κ3) is 3.91. The Bertz CT molecular complexity index is 276. The van der Waals surface area contributed by atoms with Crippen molar-refractivity contribution < 1.29 is 8.42 Å². The summed E-state index contributed by atoms with van der Waals surface area (Å²) in [5.74, 6) is 0.484. The minimum atomic E-state index is -3.01. The highest BCUT2D eigenvalue weighted by molar-refractivity contribution is 7.93. The molecule has 1 fully saturated rings. The van der Waals surface area contributed by atoms with Crippen LogP contribution < -0.4 is 5.73 Å². The fourth-order valence-electron chi connectivity index (χ4n) is 1.73. The van der Waals surface area contributed by atoms with Gasteiger partial charge in [0.25, 0.3) is 0 Å². The first-order chi connectivity index (χ1) is 5.99. The van der Waals surface area contributed by atoms with Crippen molar-refractivity contribution in [2.45, 2.75) is 31.7 Å². The number of hydrogen-bond donors (Lipinski definition) is 1. The molecule has 1 rings (SSSR count). The molecule has 0 heterocycles. The zero-order valence-corrected chi connectivity index (χ0v) is 8.76. The summed E-state index contributed by atoms with van der Waals surface area (Å²) in [6.07, 6.45) is 7.52. The van der Waals surface area contributed by atoms with E-state index in [1.165, 1.54) is 24.5 Å². The lowest BCUT2D eigenvalue weighted by Gasteiger charge is -2.13. The van der Waals surface area contributed by atoms with Crippen molar-refractivity contribution in [2.24, 2.45) is 11.7 Å². The standard InChI is InChI=1S/C9H17NO2S/c1-13(11,12)7-6-9(10)8-4-2-3-5-8/h6-9H,2-5,10H2,1H3/b7-6+/t9-/m0/s1. The van der Waals surface area contributed by atoms with Crippen LogP contribution in [-0.2, 0) is 9.84 Å². The third-order valence-electron chi connectivity index (χ3n) is 2.49. The Morgan fingerprint density at radius 2 is 1.92 bits per heavy atom. The maximum absolute atomic E-state index is 10.8. The molecule has 76 valence electrons. The number of sulfone groups is 1. The molecular formula is C9H17NO2S. The zero-order valence-electron chi connectivity index (χ0n) is 7.94. The smallest absolute Gasteiger partial charge is 0.168 e. The molecule has 0 bridgehead atoms. The van der Waals surface area contributed by atoms with Gasteiger partial charge < -0.3 is 5.73 Å². The van der Waals surface area contributed by atoms with Gasteiger partial charge in [-0.05, 0) is 18.8 Å². The van der Waals surface area contributed by atoms with E-state index in [0.29, 0.717) is 5.92 Å². The first-order valence-corrected chi connectivity index (χ1v) is 6.58. The van der Waals surface area contributed by atoms with Gasteiger partial charge in [0.1, 0.15) is 0 Å². The number of hydrogen-bond acceptors (Lipinski definition) is 3. The summed E-state index contributed by atoms with van der Waals surface area (Å²) in [6, 6.07) is -0.0859.